The first-order chi connectivity index (χ1) is 7.56. The third-order valence-electron chi connectivity index (χ3n) is 2.02. The van der Waals surface area contributed by atoms with Crippen molar-refractivity contribution in [1.82, 2.24) is 0 Å². The van der Waals surface area contributed by atoms with Gasteiger partial charge in [0.15, 0.2) is 0 Å². The molecule has 1 aromatic rings. The highest BCUT2D eigenvalue weighted by atomic mass is 16.5. The lowest BCUT2D eigenvalue weighted by Crippen LogP contribution is -2.21. The summed E-state index contributed by atoms with van der Waals surface area (Å²) in [6, 6.07) is 4.98. The Labute approximate surface area is 92.8 Å². The molecule has 16 heavy (non-hydrogen) atoms. The minimum Gasteiger partial charge on any atom is -0.480 e. The highest BCUT2D eigenvalue weighted by molar-refractivity contribution is 5.90. The molecule has 0 aliphatic rings. The van der Waals surface area contributed by atoms with E-state index in [0.717, 1.165) is 0 Å². The van der Waals surface area contributed by atoms with E-state index in [4.69, 9.17) is 15.6 Å². The van der Waals surface area contributed by atoms with Gasteiger partial charge in [0.1, 0.15) is 6.04 Å². The Morgan fingerprint density at radius 3 is 2.75 bits per heavy atom. The lowest BCUT2D eigenvalue weighted by Gasteiger charge is -2.08. The van der Waals surface area contributed by atoms with Gasteiger partial charge in [-0.3, -0.25) is 4.79 Å². The van der Waals surface area contributed by atoms with Crippen LogP contribution in [0, 0.1) is 0 Å². The van der Waals surface area contributed by atoms with Crippen molar-refractivity contribution in [1.29, 1.82) is 0 Å². The summed E-state index contributed by atoms with van der Waals surface area (Å²) in [6.45, 7) is 1.97. The van der Waals surface area contributed by atoms with Crippen LogP contribution in [0.25, 0.3) is 0 Å². The van der Waals surface area contributed by atoms with E-state index in [0.29, 0.717) is 11.1 Å². The molecule has 3 N–H and O–H groups in total. The van der Waals surface area contributed by atoms with E-state index < -0.39 is 18.0 Å². The first-order valence-electron chi connectivity index (χ1n) is 4.81. The normalized spacial score (nSPS) is 11.9. The predicted octanol–water partition coefficient (Wildman–Crippen LogP) is 0.948. The number of aliphatic carboxylic acids is 1. The molecule has 1 rings (SSSR count). The van der Waals surface area contributed by atoms with Crippen LogP contribution in [0.3, 0.4) is 0 Å². The fourth-order valence-corrected chi connectivity index (χ4v) is 1.22. The first kappa shape index (κ1) is 12.2. The van der Waals surface area contributed by atoms with Crippen LogP contribution in [0.2, 0.25) is 0 Å². The standard InChI is InChI=1S/C11H13NO4/c1-2-16-11(15)8-5-3-4-7(6-8)9(12)10(13)14/h3-6,9H,2,12H2,1H3,(H,13,14). The van der Waals surface area contributed by atoms with E-state index in [1.165, 1.54) is 6.07 Å². The van der Waals surface area contributed by atoms with Gasteiger partial charge in [0.25, 0.3) is 0 Å². The minimum atomic E-state index is -1.14. The number of hydrogen-bond donors (Lipinski definition) is 2. The summed E-state index contributed by atoms with van der Waals surface area (Å²) < 4.78 is 4.80. The van der Waals surface area contributed by atoms with Gasteiger partial charge in [0.2, 0.25) is 0 Å². The van der Waals surface area contributed by atoms with Crippen LogP contribution in [-0.4, -0.2) is 23.7 Å². The number of esters is 1. The molecule has 0 radical (unpaired) electrons. The number of ether oxygens (including phenoxy) is 1. The molecule has 0 spiro atoms. The summed E-state index contributed by atoms with van der Waals surface area (Å²) >= 11 is 0. The molecule has 0 bridgehead atoms. The number of carboxylic acid groups (broad SMARTS) is 1. The topological polar surface area (TPSA) is 89.6 Å². The number of carboxylic acids is 1. The molecule has 1 atom stereocenters. The highest BCUT2D eigenvalue weighted by Gasteiger charge is 2.16. The van der Waals surface area contributed by atoms with Crippen LogP contribution < -0.4 is 5.73 Å². The molecule has 5 nitrogen and oxygen atoms in total. The van der Waals surface area contributed by atoms with Crippen LogP contribution >= 0.6 is 0 Å². The Morgan fingerprint density at radius 1 is 1.50 bits per heavy atom. The number of carbonyl (C=O) groups is 2. The summed E-state index contributed by atoms with van der Waals surface area (Å²) in [4.78, 5) is 22.0. The quantitative estimate of drug-likeness (QED) is 0.741. The largest absolute Gasteiger partial charge is 0.480 e. The number of benzene rings is 1. The van der Waals surface area contributed by atoms with Crippen molar-refractivity contribution in [3.8, 4) is 0 Å². The zero-order valence-corrected chi connectivity index (χ0v) is 8.84. The Bertz CT molecular complexity index is 403. The lowest BCUT2D eigenvalue weighted by molar-refractivity contribution is -0.138. The molecular formula is C11H13NO4. The summed E-state index contributed by atoms with van der Waals surface area (Å²) in [5.74, 6) is -1.62. The molecule has 0 saturated carbocycles. The molecule has 5 heteroatoms. The third-order valence-corrected chi connectivity index (χ3v) is 2.02. The molecule has 0 aliphatic carbocycles. The molecule has 0 aliphatic heterocycles. The summed E-state index contributed by atoms with van der Waals surface area (Å²) in [5.41, 5.74) is 6.10. The molecule has 0 amide bonds. The van der Waals surface area contributed by atoms with Gasteiger partial charge >= 0.3 is 11.9 Å². The maximum atomic E-state index is 11.4. The average molecular weight is 223 g/mol. The molecule has 0 saturated heterocycles. The van der Waals surface area contributed by atoms with E-state index in [9.17, 15) is 9.59 Å². The van der Waals surface area contributed by atoms with E-state index in [-0.39, 0.29) is 6.61 Å². The zero-order valence-electron chi connectivity index (χ0n) is 8.84. The average Bonchev–Trinajstić information content (AvgIpc) is 2.28. The smallest absolute Gasteiger partial charge is 0.338 e. The van der Waals surface area contributed by atoms with Gasteiger partial charge in [-0.25, -0.2) is 4.79 Å². The van der Waals surface area contributed by atoms with E-state index in [1.807, 2.05) is 0 Å². The van der Waals surface area contributed by atoms with Crippen LogP contribution in [0.5, 0.6) is 0 Å². The minimum absolute atomic E-state index is 0.272. The molecule has 0 heterocycles. The molecule has 0 fully saturated rings. The van der Waals surface area contributed by atoms with Crippen LogP contribution in [0.15, 0.2) is 24.3 Å². The Kier molecular flexibility index (Phi) is 4.02. The van der Waals surface area contributed by atoms with Crippen molar-refractivity contribution in [3.05, 3.63) is 35.4 Å². The molecule has 1 aromatic carbocycles. The van der Waals surface area contributed by atoms with Gasteiger partial charge in [-0.15, -0.1) is 0 Å². The van der Waals surface area contributed by atoms with Crippen LogP contribution in [0.1, 0.15) is 28.9 Å². The molecule has 0 aromatic heterocycles. The first-order valence-corrected chi connectivity index (χ1v) is 4.81. The van der Waals surface area contributed by atoms with Crippen LogP contribution in [0.4, 0.5) is 0 Å². The fraction of sp³-hybridized carbons (Fsp3) is 0.273. The Morgan fingerprint density at radius 2 is 2.19 bits per heavy atom. The SMILES string of the molecule is CCOC(=O)c1cccc(C(N)C(=O)O)c1. The molecule has 1 unspecified atom stereocenters. The van der Waals surface area contributed by atoms with Gasteiger partial charge in [-0.1, -0.05) is 12.1 Å². The van der Waals surface area contributed by atoms with E-state index in [1.54, 1.807) is 25.1 Å². The second-order valence-electron chi connectivity index (χ2n) is 3.16. The number of hydrogen-bond acceptors (Lipinski definition) is 4. The second kappa shape index (κ2) is 5.27. The summed E-state index contributed by atoms with van der Waals surface area (Å²) in [5, 5.41) is 8.73. The van der Waals surface area contributed by atoms with E-state index in [2.05, 4.69) is 0 Å². The fourth-order valence-electron chi connectivity index (χ4n) is 1.22. The van der Waals surface area contributed by atoms with Gasteiger partial charge < -0.3 is 15.6 Å². The Balaban J connectivity index is 2.95. The van der Waals surface area contributed by atoms with Gasteiger partial charge in [0.05, 0.1) is 12.2 Å². The highest BCUT2D eigenvalue weighted by Crippen LogP contribution is 2.13. The van der Waals surface area contributed by atoms with Gasteiger partial charge in [0, 0.05) is 0 Å². The monoisotopic (exact) mass is 223 g/mol. The van der Waals surface area contributed by atoms with Crippen molar-refractivity contribution in [2.75, 3.05) is 6.61 Å². The van der Waals surface area contributed by atoms with Crippen molar-refractivity contribution in [2.45, 2.75) is 13.0 Å². The summed E-state index contributed by atoms with van der Waals surface area (Å²) in [7, 11) is 0. The molecule has 86 valence electrons. The van der Waals surface area contributed by atoms with E-state index >= 15 is 0 Å². The van der Waals surface area contributed by atoms with Gasteiger partial charge in [-0.2, -0.15) is 0 Å². The number of carbonyl (C=O) groups excluding carboxylic acids is 1. The zero-order chi connectivity index (χ0) is 12.1. The molecular weight excluding hydrogens is 210 g/mol. The summed E-state index contributed by atoms with van der Waals surface area (Å²) in [6.07, 6.45) is 0. The third kappa shape index (κ3) is 2.80. The maximum Gasteiger partial charge on any atom is 0.338 e. The lowest BCUT2D eigenvalue weighted by atomic mass is 10.0. The predicted molar refractivity (Wildman–Crippen MR) is 57.0 cm³/mol. The maximum absolute atomic E-state index is 11.4. The van der Waals surface area contributed by atoms with Crippen molar-refractivity contribution in [3.63, 3.8) is 0 Å². The second-order valence-corrected chi connectivity index (χ2v) is 3.16. The van der Waals surface area contributed by atoms with Crippen molar-refractivity contribution < 1.29 is 19.4 Å². The van der Waals surface area contributed by atoms with Crippen molar-refractivity contribution >= 4 is 11.9 Å². The van der Waals surface area contributed by atoms with Gasteiger partial charge in [-0.05, 0) is 24.6 Å². The number of rotatable bonds is 4. The Hall–Kier alpha value is -1.88. The number of nitrogens with two attached hydrogens (primary N) is 1. The van der Waals surface area contributed by atoms with Crippen molar-refractivity contribution in [2.24, 2.45) is 5.73 Å². The van der Waals surface area contributed by atoms with Crippen LogP contribution in [-0.2, 0) is 9.53 Å².